The van der Waals surface area contributed by atoms with Crippen molar-refractivity contribution in [3.63, 3.8) is 0 Å². The maximum Gasteiger partial charge on any atom is 0.227 e. The molecule has 86 valence electrons. The molecule has 1 aliphatic heterocycles. The van der Waals surface area contributed by atoms with Crippen LogP contribution in [-0.2, 0) is 4.79 Å². The van der Waals surface area contributed by atoms with Gasteiger partial charge in [0.15, 0.2) is 0 Å². The highest BCUT2D eigenvalue weighted by Crippen LogP contribution is 2.30. The normalized spacial score (nSPS) is 20.5. The van der Waals surface area contributed by atoms with Crippen molar-refractivity contribution in [1.29, 1.82) is 0 Å². The van der Waals surface area contributed by atoms with E-state index in [1.165, 1.54) is 0 Å². The number of aromatic hydroxyl groups is 1. The average molecular weight is 220 g/mol. The topological polar surface area (TPSA) is 66.6 Å². The molecule has 0 saturated carbocycles. The Hall–Kier alpha value is -1.55. The Kier molecular flexibility index (Phi) is 2.83. The summed E-state index contributed by atoms with van der Waals surface area (Å²) in [7, 11) is 0. The van der Waals surface area contributed by atoms with Gasteiger partial charge in [-0.1, -0.05) is 6.07 Å². The van der Waals surface area contributed by atoms with E-state index < -0.39 is 0 Å². The van der Waals surface area contributed by atoms with Crippen molar-refractivity contribution in [2.24, 2.45) is 11.7 Å². The summed E-state index contributed by atoms with van der Waals surface area (Å²) in [4.78, 5) is 13.5. The van der Waals surface area contributed by atoms with Crippen molar-refractivity contribution in [3.8, 4) is 5.75 Å². The Morgan fingerprint density at radius 2 is 2.31 bits per heavy atom. The van der Waals surface area contributed by atoms with Gasteiger partial charge in [0.25, 0.3) is 0 Å². The molecule has 0 aliphatic carbocycles. The first-order chi connectivity index (χ1) is 7.61. The summed E-state index contributed by atoms with van der Waals surface area (Å²) in [5.74, 6) is 0.503. The third kappa shape index (κ3) is 1.88. The highest BCUT2D eigenvalue weighted by atomic mass is 16.3. The van der Waals surface area contributed by atoms with Crippen LogP contribution in [-0.4, -0.2) is 24.1 Å². The van der Waals surface area contributed by atoms with E-state index in [0.717, 1.165) is 11.3 Å². The van der Waals surface area contributed by atoms with Gasteiger partial charge in [0.1, 0.15) is 5.75 Å². The van der Waals surface area contributed by atoms with E-state index in [-0.39, 0.29) is 17.6 Å². The molecule has 1 atom stereocenters. The first-order valence-corrected chi connectivity index (χ1v) is 5.42. The lowest BCUT2D eigenvalue weighted by Gasteiger charge is -2.19. The van der Waals surface area contributed by atoms with Crippen molar-refractivity contribution >= 4 is 11.6 Å². The van der Waals surface area contributed by atoms with Crippen LogP contribution in [0.3, 0.4) is 0 Å². The van der Waals surface area contributed by atoms with E-state index in [1.807, 2.05) is 13.0 Å². The van der Waals surface area contributed by atoms with Gasteiger partial charge in [-0.3, -0.25) is 4.79 Å². The fourth-order valence-electron chi connectivity index (χ4n) is 2.06. The summed E-state index contributed by atoms with van der Waals surface area (Å²) in [6.45, 7) is 3.11. The molecule has 0 bridgehead atoms. The Balaban J connectivity index is 2.30. The number of phenols is 1. The lowest BCUT2D eigenvalue weighted by Crippen LogP contribution is -2.26. The van der Waals surface area contributed by atoms with Crippen LogP contribution in [0.25, 0.3) is 0 Å². The molecule has 1 unspecified atom stereocenters. The minimum Gasteiger partial charge on any atom is -0.508 e. The van der Waals surface area contributed by atoms with Crippen molar-refractivity contribution < 1.29 is 9.90 Å². The van der Waals surface area contributed by atoms with Crippen molar-refractivity contribution in [3.05, 3.63) is 23.8 Å². The number of rotatable bonds is 2. The number of nitrogens with two attached hydrogens (primary N) is 1. The lowest BCUT2D eigenvalue weighted by atomic mass is 10.1. The fraction of sp³-hybridized carbons (Fsp3) is 0.417. The Bertz CT molecular complexity index is 417. The van der Waals surface area contributed by atoms with Crippen molar-refractivity contribution in [1.82, 2.24) is 0 Å². The average Bonchev–Trinajstić information content (AvgIpc) is 2.63. The molecular formula is C12H16N2O2. The monoisotopic (exact) mass is 220 g/mol. The molecule has 1 amide bonds. The molecule has 0 spiro atoms. The third-order valence-corrected chi connectivity index (χ3v) is 3.02. The zero-order valence-electron chi connectivity index (χ0n) is 9.31. The number of hydrogen-bond donors (Lipinski definition) is 2. The van der Waals surface area contributed by atoms with Gasteiger partial charge >= 0.3 is 0 Å². The van der Waals surface area contributed by atoms with Gasteiger partial charge in [-0.05, 0) is 31.0 Å². The first kappa shape index (κ1) is 11.0. The highest BCUT2D eigenvalue weighted by Gasteiger charge is 2.30. The first-order valence-electron chi connectivity index (χ1n) is 5.42. The zero-order valence-corrected chi connectivity index (χ0v) is 9.31. The van der Waals surface area contributed by atoms with Crippen LogP contribution < -0.4 is 10.6 Å². The van der Waals surface area contributed by atoms with Gasteiger partial charge in [0.2, 0.25) is 5.91 Å². The predicted octanol–water partition coefficient (Wildman–Crippen LogP) is 1.01. The molecule has 3 N–H and O–H groups in total. The Morgan fingerprint density at radius 3 is 2.94 bits per heavy atom. The molecule has 4 heteroatoms. The number of nitrogens with zero attached hydrogens (tertiary/aromatic N) is 1. The van der Waals surface area contributed by atoms with E-state index in [1.54, 1.807) is 17.0 Å². The van der Waals surface area contributed by atoms with E-state index >= 15 is 0 Å². The quantitative estimate of drug-likeness (QED) is 0.781. The third-order valence-electron chi connectivity index (χ3n) is 3.02. The molecule has 1 saturated heterocycles. The molecule has 1 aliphatic rings. The highest BCUT2D eigenvalue weighted by molar-refractivity contribution is 5.96. The molecule has 1 aromatic carbocycles. The standard InChI is InChI=1S/C12H16N2O2/c1-8-2-3-10(15)5-11(8)14-7-9(6-13)4-12(14)16/h2-3,5,9,15H,4,6-7,13H2,1H3. The minimum atomic E-state index is 0.0872. The van der Waals surface area contributed by atoms with Crippen LogP contribution in [0.2, 0.25) is 0 Å². The second-order valence-corrected chi connectivity index (χ2v) is 4.28. The van der Waals surface area contributed by atoms with Crippen molar-refractivity contribution in [2.75, 3.05) is 18.0 Å². The van der Waals surface area contributed by atoms with Crippen LogP contribution in [0.15, 0.2) is 18.2 Å². The maximum absolute atomic E-state index is 11.8. The number of aryl methyl sites for hydroxylation is 1. The van der Waals surface area contributed by atoms with Gasteiger partial charge in [0.05, 0.1) is 5.69 Å². The second-order valence-electron chi connectivity index (χ2n) is 4.28. The smallest absolute Gasteiger partial charge is 0.227 e. The summed E-state index contributed by atoms with van der Waals surface area (Å²) in [6.07, 6.45) is 0.506. The Labute approximate surface area is 94.7 Å². The lowest BCUT2D eigenvalue weighted by molar-refractivity contribution is -0.117. The predicted molar refractivity (Wildman–Crippen MR) is 62.4 cm³/mol. The number of carbonyl (C=O) groups is 1. The van der Waals surface area contributed by atoms with Gasteiger partial charge in [-0.2, -0.15) is 0 Å². The molecule has 1 fully saturated rings. The molecule has 16 heavy (non-hydrogen) atoms. The van der Waals surface area contributed by atoms with E-state index in [9.17, 15) is 9.90 Å². The van der Waals surface area contributed by atoms with E-state index in [0.29, 0.717) is 19.5 Å². The molecular weight excluding hydrogens is 204 g/mol. The van der Waals surface area contributed by atoms with Gasteiger partial charge in [-0.25, -0.2) is 0 Å². The molecule has 0 aromatic heterocycles. The molecule has 0 radical (unpaired) electrons. The van der Waals surface area contributed by atoms with Gasteiger partial charge in [0, 0.05) is 19.0 Å². The molecule has 1 aromatic rings. The number of phenolic OH excluding ortho intramolecular Hbond substituents is 1. The summed E-state index contributed by atoms with van der Waals surface area (Å²) in [6, 6.07) is 5.07. The number of hydrogen-bond acceptors (Lipinski definition) is 3. The number of amides is 1. The number of benzene rings is 1. The van der Waals surface area contributed by atoms with Crippen LogP contribution in [0, 0.1) is 12.8 Å². The Morgan fingerprint density at radius 1 is 1.56 bits per heavy atom. The second kappa shape index (κ2) is 4.14. The summed E-state index contributed by atoms with van der Waals surface area (Å²) in [5.41, 5.74) is 7.36. The summed E-state index contributed by atoms with van der Waals surface area (Å²) < 4.78 is 0. The fourth-order valence-corrected chi connectivity index (χ4v) is 2.06. The molecule has 4 nitrogen and oxygen atoms in total. The summed E-state index contributed by atoms with van der Waals surface area (Å²) >= 11 is 0. The molecule has 2 rings (SSSR count). The summed E-state index contributed by atoms with van der Waals surface area (Å²) in [5, 5.41) is 9.44. The number of carbonyl (C=O) groups excluding carboxylic acids is 1. The van der Waals surface area contributed by atoms with Crippen LogP contribution in [0.4, 0.5) is 5.69 Å². The van der Waals surface area contributed by atoms with E-state index in [2.05, 4.69) is 0 Å². The van der Waals surface area contributed by atoms with Gasteiger partial charge < -0.3 is 15.7 Å². The van der Waals surface area contributed by atoms with Crippen LogP contribution in [0.1, 0.15) is 12.0 Å². The number of anilines is 1. The largest absolute Gasteiger partial charge is 0.508 e. The SMILES string of the molecule is Cc1ccc(O)cc1N1CC(CN)CC1=O. The minimum absolute atomic E-state index is 0.0872. The van der Waals surface area contributed by atoms with Crippen LogP contribution in [0.5, 0.6) is 5.75 Å². The zero-order chi connectivity index (χ0) is 11.7. The molecule has 1 heterocycles. The maximum atomic E-state index is 11.8. The van der Waals surface area contributed by atoms with Crippen LogP contribution >= 0.6 is 0 Å². The van der Waals surface area contributed by atoms with Gasteiger partial charge in [-0.15, -0.1) is 0 Å². The van der Waals surface area contributed by atoms with Crippen molar-refractivity contribution in [2.45, 2.75) is 13.3 Å². The van der Waals surface area contributed by atoms with E-state index in [4.69, 9.17) is 5.73 Å².